The quantitative estimate of drug-likeness (QED) is 0.646. The molecule has 92 valence electrons. The van der Waals surface area contributed by atoms with Crippen molar-refractivity contribution >= 4 is 38.4 Å². The minimum Gasteiger partial charge on any atom is -0.545 e. The van der Waals surface area contributed by atoms with E-state index in [-0.39, 0.29) is 5.76 Å². The van der Waals surface area contributed by atoms with Gasteiger partial charge >= 0.3 is 0 Å². The average Bonchev–Trinajstić information content (AvgIpc) is 2.35. The van der Waals surface area contributed by atoms with Gasteiger partial charge in [0.2, 0.25) is 0 Å². The van der Waals surface area contributed by atoms with Gasteiger partial charge in [0, 0.05) is 16.1 Å². The molecule has 0 saturated carbocycles. The van der Waals surface area contributed by atoms with E-state index in [0.29, 0.717) is 0 Å². The first kappa shape index (κ1) is 12.6. The summed E-state index contributed by atoms with van der Waals surface area (Å²) in [5.41, 5.74) is 0.723. The van der Waals surface area contributed by atoms with E-state index < -0.39 is 5.97 Å². The summed E-state index contributed by atoms with van der Waals surface area (Å²) in [6.45, 7) is 0. The molecular formula is C14H10BrO3-. The van der Waals surface area contributed by atoms with Crippen LogP contribution in [0.25, 0.3) is 16.5 Å². The number of carboxylic acid groups (broad SMARTS) is 1. The Balaban J connectivity index is 2.70. The summed E-state index contributed by atoms with van der Waals surface area (Å²) in [7, 11) is 1.44. The third-order valence-corrected chi connectivity index (χ3v) is 3.07. The number of methoxy groups -OCH3 is 1. The summed E-state index contributed by atoms with van der Waals surface area (Å²) in [6, 6.07) is 11.4. The van der Waals surface area contributed by atoms with Gasteiger partial charge in [0.1, 0.15) is 5.76 Å². The Labute approximate surface area is 113 Å². The number of carbonyl (C=O) groups is 1. The van der Waals surface area contributed by atoms with Gasteiger partial charge in [-0.05, 0) is 22.9 Å². The fourth-order valence-corrected chi connectivity index (χ4v) is 2.17. The molecule has 3 nitrogen and oxygen atoms in total. The Morgan fingerprint density at radius 3 is 2.78 bits per heavy atom. The number of halogens is 1. The van der Waals surface area contributed by atoms with E-state index in [4.69, 9.17) is 4.74 Å². The summed E-state index contributed by atoms with van der Waals surface area (Å²) < 4.78 is 6.04. The van der Waals surface area contributed by atoms with Crippen molar-refractivity contribution in [3.05, 3.63) is 52.5 Å². The predicted molar refractivity (Wildman–Crippen MR) is 71.6 cm³/mol. The lowest BCUT2D eigenvalue weighted by Crippen LogP contribution is -2.19. The molecule has 0 amide bonds. The summed E-state index contributed by atoms with van der Waals surface area (Å²) >= 11 is 3.40. The maximum Gasteiger partial charge on any atom is 0.128 e. The van der Waals surface area contributed by atoms with Crippen molar-refractivity contribution in [2.45, 2.75) is 0 Å². The average molecular weight is 306 g/mol. The van der Waals surface area contributed by atoms with Crippen LogP contribution in [-0.4, -0.2) is 13.1 Å². The minimum atomic E-state index is -1.28. The standard InChI is InChI=1S/C14H11BrO3/c1-18-13(8-14(16)17)11-4-2-3-9-5-6-10(15)7-12(9)11/h2-8H,1H3,(H,16,17)/p-1/b13-8+. The van der Waals surface area contributed by atoms with Gasteiger partial charge in [0.05, 0.1) is 13.1 Å². The van der Waals surface area contributed by atoms with Crippen molar-refractivity contribution in [3.63, 3.8) is 0 Å². The molecule has 0 radical (unpaired) electrons. The predicted octanol–water partition coefficient (Wildman–Crippen LogP) is 2.34. The molecule has 0 aliphatic rings. The number of rotatable bonds is 3. The SMILES string of the molecule is CO/C(=C/C(=O)[O-])c1cccc2ccc(Br)cc12. The number of aliphatic carboxylic acids is 1. The molecule has 2 aromatic carbocycles. The molecule has 0 heterocycles. The Morgan fingerprint density at radius 2 is 2.11 bits per heavy atom. The van der Waals surface area contributed by atoms with Gasteiger partial charge in [-0.3, -0.25) is 0 Å². The lowest BCUT2D eigenvalue weighted by atomic mass is 10.0. The Bertz CT molecular complexity index is 632. The molecule has 0 unspecified atom stereocenters. The topological polar surface area (TPSA) is 49.4 Å². The van der Waals surface area contributed by atoms with Crippen LogP contribution in [0.3, 0.4) is 0 Å². The second kappa shape index (κ2) is 5.23. The summed E-state index contributed by atoms with van der Waals surface area (Å²) in [5, 5.41) is 12.6. The maximum atomic E-state index is 10.7. The van der Waals surface area contributed by atoms with Crippen molar-refractivity contribution in [1.82, 2.24) is 0 Å². The number of carbonyl (C=O) groups excluding carboxylic acids is 1. The lowest BCUT2D eigenvalue weighted by molar-refractivity contribution is -0.297. The van der Waals surface area contributed by atoms with E-state index >= 15 is 0 Å². The molecule has 0 spiro atoms. The van der Waals surface area contributed by atoms with Crippen LogP contribution in [0, 0.1) is 0 Å². The Kier molecular flexibility index (Phi) is 3.67. The van der Waals surface area contributed by atoms with Gasteiger partial charge in [0.25, 0.3) is 0 Å². The van der Waals surface area contributed by atoms with E-state index in [1.165, 1.54) is 7.11 Å². The number of hydrogen-bond acceptors (Lipinski definition) is 3. The number of benzene rings is 2. The molecule has 2 rings (SSSR count). The van der Waals surface area contributed by atoms with Crippen molar-refractivity contribution in [3.8, 4) is 0 Å². The minimum absolute atomic E-state index is 0.277. The summed E-state index contributed by atoms with van der Waals surface area (Å²) in [4.78, 5) is 10.7. The van der Waals surface area contributed by atoms with Crippen molar-refractivity contribution in [2.24, 2.45) is 0 Å². The highest BCUT2D eigenvalue weighted by molar-refractivity contribution is 9.10. The van der Waals surface area contributed by atoms with E-state index in [2.05, 4.69) is 15.9 Å². The molecular weight excluding hydrogens is 296 g/mol. The van der Waals surface area contributed by atoms with E-state index in [9.17, 15) is 9.90 Å². The van der Waals surface area contributed by atoms with Crippen LogP contribution in [0.15, 0.2) is 46.9 Å². The molecule has 0 bridgehead atoms. The zero-order valence-corrected chi connectivity index (χ0v) is 11.2. The molecule has 0 saturated heterocycles. The lowest BCUT2D eigenvalue weighted by Gasteiger charge is -2.10. The molecule has 0 fully saturated rings. The third-order valence-electron chi connectivity index (χ3n) is 2.58. The maximum absolute atomic E-state index is 10.7. The summed E-state index contributed by atoms with van der Waals surface area (Å²) in [6.07, 6.45) is 0.954. The smallest absolute Gasteiger partial charge is 0.128 e. The molecule has 0 atom stereocenters. The van der Waals surface area contributed by atoms with Gasteiger partial charge in [0.15, 0.2) is 0 Å². The molecule has 0 aliphatic carbocycles. The second-order valence-corrected chi connectivity index (χ2v) is 4.62. The van der Waals surface area contributed by atoms with Crippen molar-refractivity contribution < 1.29 is 14.6 Å². The van der Waals surface area contributed by atoms with Crippen LogP contribution >= 0.6 is 15.9 Å². The largest absolute Gasteiger partial charge is 0.545 e. The first-order valence-corrected chi connectivity index (χ1v) is 6.06. The van der Waals surface area contributed by atoms with Gasteiger partial charge in [-0.2, -0.15) is 0 Å². The highest BCUT2D eigenvalue weighted by Crippen LogP contribution is 2.28. The molecule has 2 aromatic rings. The molecule has 0 aromatic heterocycles. The number of carboxylic acids is 1. The Morgan fingerprint density at radius 1 is 1.33 bits per heavy atom. The van der Waals surface area contributed by atoms with Gasteiger partial charge in [-0.1, -0.05) is 40.2 Å². The third kappa shape index (κ3) is 2.54. The van der Waals surface area contributed by atoms with Gasteiger partial charge < -0.3 is 14.6 Å². The summed E-state index contributed by atoms with van der Waals surface area (Å²) in [5.74, 6) is -1.00. The zero-order chi connectivity index (χ0) is 13.1. The number of fused-ring (bicyclic) bond motifs is 1. The monoisotopic (exact) mass is 305 g/mol. The highest BCUT2D eigenvalue weighted by Gasteiger charge is 2.07. The normalized spacial score (nSPS) is 11.6. The van der Waals surface area contributed by atoms with E-state index in [1.54, 1.807) is 0 Å². The van der Waals surface area contributed by atoms with Crippen LogP contribution in [0.5, 0.6) is 0 Å². The molecule has 0 aliphatic heterocycles. The van der Waals surface area contributed by atoms with Crippen LogP contribution in [0.2, 0.25) is 0 Å². The fourth-order valence-electron chi connectivity index (χ4n) is 1.81. The number of ether oxygens (including phenoxy) is 1. The fraction of sp³-hybridized carbons (Fsp3) is 0.0714. The molecule has 4 heteroatoms. The van der Waals surface area contributed by atoms with Crippen molar-refractivity contribution in [2.75, 3.05) is 7.11 Å². The van der Waals surface area contributed by atoms with Gasteiger partial charge in [-0.15, -0.1) is 0 Å². The van der Waals surface area contributed by atoms with E-state index in [0.717, 1.165) is 26.9 Å². The first-order chi connectivity index (χ1) is 8.61. The van der Waals surface area contributed by atoms with Gasteiger partial charge in [-0.25, -0.2) is 0 Å². The van der Waals surface area contributed by atoms with Crippen LogP contribution in [0.4, 0.5) is 0 Å². The molecule has 18 heavy (non-hydrogen) atoms. The van der Waals surface area contributed by atoms with Crippen LogP contribution in [-0.2, 0) is 9.53 Å². The highest BCUT2D eigenvalue weighted by atomic mass is 79.9. The number of hydrogen-bond donors (Lipinski definition) is 0. The second-order valence-electron chi connectivity index (χ2n) is 3.70. The van der Waals surface area contributed by atoms with Crippen molar-refractivity contribution in [1.29, 1.82) is 0 Å². The van der Waals surface area contributed by atoms with Crippen LogP contribution in [0.1, 0.15) is 5.56 Å². The zero-order valence-electron chi connectivity index (χ0n) is 9.64. The van der Waals surface area contributed by atoms with Crippen LogP contribution < -0.4 is 5.11 Å². The molecule has 0 N–H and O–H groups in total. The van der Waals surface area contributed by atoms with E-state index in [1.807, 2.05) is 36.4 Å². The first-order valence-electron chi connectivity index (χ1n) is 5.27. The Hall–Kier alpha value is -1.81.